The maximum absolute atomic E-state index is 13.1. The van der Waals surface area contributed by atoms with Gasteiger partial charge in [0.2, 0.25) is 0 Å². The molecule has 0 aliphatic carbocycles. The highest BCUT2D eigenvalue weighted by Crippen LogP contribution is 2.20. The van der Waals surface area contributed by atoms with Crippen molar-refractivity contribution >= 4 is 23.5 Å². The van der Waals surface area contributed by atoms with Crippen molar-refractivity contribution in [2.24, 2.45) is 0 Å². The number of hydrogen-bond acceptors (Lipinski definition) is 5. The van der Waals surface area contributed by atoms with Gasteiger partial charge in [0.1, 0.15) is 5.82 Å². The van der Waals surface area contributed by atoms with Crippen molar-refractivity contribution in [1.29, 1.82) is 0 Å². The Morgan fingerprint density at radius 2 is 1.75 bits per heavy atom. The standard InChI is InChI=1S/C24H23FN2O5/c1-14-6-7-18(13-20(14)27-23(29)21-5-4-12-31-21)24(30)32-16(3)22(28)26-15(2)17-8-10-19(25)11-9-17/h4-13,15-16H,1-3H3,(H,26,28)(H,27,29). The zero-order valence-corrected chi connectivity index (χ0v) is 17.8. The fraction of sp³-hybridized carbons (Fsp3) is 0.208. The molecule has 1 aromatic heterocycles. The second-order valence-electron chi connectivity index (χ2n) is 7.29. The Morgan fingerprint density at radius 3 is 2.41 bits per heavy atom. The molecule has 2 unspecified atom stereocenters. The molecule has 2 aromatic carbocycles. The van der Waals surface area contributed by atoms with E-state index in [-0.39, 0.29) is 17.1 Å². The fourth-order valence-corrected chi connectivity index (χ4v) is 2.92. The van der Waals surface area contributed by atoms with E-state index >= 15 is 0 Å². The van der Waals surface area contributed by atoms with Gasteiger partial charge in [-0.1, -0.05) is 18.2 Å². The van der Waals surface area contributed by atoms with Gasteiger partial charge in [-0.2, -0.15) is 0 Å². The van der Waals surface area contributed by atoms with E-state index in [4.69, 9.17) is 9.15 Å². The Bertz CT molecular complexity index is 1110. The lowest BCUT2D eigenvalue weighted by Crippen LogP contribution is -2.37. The number of halogens is 1. The molecule has 7 nitrogen and oxygen atoms in total. The van der Waals surface area contributed by atoms with E-state index in [2.05, 4.69) is 10.6 Å². The van der Waals surface area contributed by atoms with E-state index in [1.54, 1.807) is 44.2 Å². The summed E-state index contributed by atoms with van der Waals surface area (Å²) in [5.74, 6) is -1.89. The monoisotopic (exact) mass is 438 g/mol. The summed E-state index contributed by atoms with van der Waals surface area (Å²) >= 11 is 0. The number of amides is 2. The minimum absolute atomic E-state index is 0.137. The third kappa shape index (κ3) is 5.60. The Kier molecular flexibility index (Phi) is 7.04. The van der Waals surface area contributed by atoms with Gasteiger partial charge in [-0.25, -0.2) is 9.18 Å². The van der Waals surface area contributed by atoms with E-state index in [1.165, 1.54) is 37.5 Å². The van der Waals surface area contributed by atoms with Gasteiger partial charge in [0.15, 0.2) is 11.9 Å². The Morgan fingerprint density at radius 1 is 1.03 bits per heavy atom. The first kappa shape index (κ1) is 22.7. The third-order valence-electron chi connectivity index (χ3n) is 4.85. The molecule has 2 atom stereocenters. The van der Waals surface area contributed by atoms with Gasteiger partial charge in [0.25, 0.3) is 11.8 Å². The summed E-state index contributed by atoms with van der Waals surface area (Å²) in [4.78, 5) is 37.2. The van der Waals surface area contributed by atoms with Gasteiger partial charge in [-0.3, -0.25) is 9.59 Å². The van der Waals surface area contributed by atoms with Gasteiger partial charge in [0.05, 0.1) is 17.9 Å². The van der Waals surface area contributed by atoms with Crippen LogP contribution in [0, 0.1) is 12.7 Å². The van der Waals surface area contributed by atoms with Gasteiger partial charge in [-0.05, 0) is 68.3 Å². The van der Waals surface area contributed by atoms with Crippen LogP contribution in [0.1, 0.15) is 51.9 Å². The molecule has 3 aromatic rings. The number of anilines is 1. The molecule has 0 bridgehead atoms. The van der Waals surface area contributed by atoms with Crippen molar-refractivity contribution < 1.29 is 27.9 Å². The number of hydrogen-bond donors (Lipinski definition) is 2. The second-order valence-corrected chi connectivity index (χ2v) is 7.29. The molecule has 8 heteroatoms. The van der Waals surface area contributed by atoms with Crippen molar-refractivity contribution in [3.05, 3.63) is 89.1 Å². The quantitative estimate of drug-likeness (QED) is 0.533. The van der Waals surface area contributed by atoms with Crippen molar-refractivity contribution in [1.82, 2.24) is 5.32 Å². The summed E-state index contributed by atoms with van der Waals surface area (Å²) < 4.78 is 23.4. The molecule has 0 saturated carbocycles. The van der Waals surface area contributed by atoms with Crippen molar-refractivity contribution in [3.63, 3.8) is 0 Å². The normalized spacial score (nSPS) is 12.5. The molecule has 0 fully saturated rings. The molecule has 0 aliphatic heterocycles. The summed E-state index contributed by atoms with van der Waals surface area (Å²) in [6.07, 6.45) is 0.326. The zero-order valence-electron chi connectivity index (χ0n) is 17.8. The van der Waals surface area contributed by atoms with Crippen LogP contribution in [0.4, 0.5) is 10.1 Å². The Balaban J connectivity index is 1.62. The lowest BCUT2D eigenvalue weighted by Gasteiger charge is -2.18. The molecule has 3 rings (SSSR count). The number of furan rings is 1. The second kappa shape index (κ2) is 9.91. The minimum Gasteiger partial charge on any atom is -0.459 e. The van der Waals surface area contributed by atoms with E-state index < -0.39 is 29.9 Å². The number of nitrogens with one attached hydrogen (secondary N) is 2. The predicted molar refractivity (Wildman–Crippen MR) is 116 cm³/mol. The Hall–Kier alpha value is -3.94. The van der Waals surface area contributed by atoms with Crippen molar-refractivity contribution in [2.45, 2.75) is 32.9 Å². The zero-order chi connectivity index (χ0) is 23.3. The highest BCUT2D eigenvalue weighted by atomic mass is 19.1. The average molecular weight is 438 g/mol. The number of aryl methyl sites for hydroxylation is 1. The van der Waals surface area contributed by atoms with Gasteiger partial charge in [0, 0.05) is 5.69 Å². The molecular weight excluding hydrogens is 415 g/mol. The molecule has 0 saturated heterocycles. The van der Waals surface area contributed by atoms with Crippen molar-refractivity contribution in [2.75, 3.05) is 5.32 Å². The number of carbonyl (C=O) groups excluding carboxylic acids is 3. The van der Waals surface area contributed by atoms with Crippen LogP contribution in [0.2, 0.25) is 0 Å². The van der Waals surface area contributed by atoms with E-state index in [0.717, 1.165) is 5.56 Å². The van der Waals surface area contributed by atoms with Crippen LogP contribution in [0.15, 0.2) is 65.3 Å². The van der Waals surface area contributed by atoms with Crippen LogP contribution < -0.4 is 10.6 Å². The molecule has 2 amide bonds. The number of benzene rings is 2. The smallest absolute Gasteiger partial charge is 0.338 e. The third-order valence-corrected chi connectivity index (χ3v) is 4.85. The first-order valence-electron chi connectivity index (χ1n) is 9.97. The summed E-state index contributed by atoms with van der Waals surface area (Å²) in [6.45, 7) is 4.98. The number of carbonyl (C=O) groups is 3. The Labute approximate surface area is 184 Å². The maximum atomic E-state index is 13.1. The van der Waals surface area contributed by atoms with E-state index in [0.29, 0.717) is 11.3 Å². The summed E-state index contributed by atoms with van der Waals surface area (Å²) in [6, 6.07) is 13.2. The van der Waals surface area contributed by atoms with Gasteiger partial charge in [-0.15, -0.1) is 0 Å². The lowest BCUT2D eigenvalue weighted by atomic mass is 10.1. The first-order chi connectivity index (χ1) is 15.2. The maximum Gasteiger partial charge on any atom is 0.338 e. The van der Waals surface area contributed by atoms with Crippen LogP contribution in [-0.2, 0) is 9.53 Å². The molecular formula is C24H23FN2O5. The summed E-state index contributed by atoms with van der Waals surface area (Å²) in [7, 11) is 0. The molecule has 0 radical (unpaired) electrons. The molecule has 0 spiro atoms. The highest BCUT2D eigenvalue weighted by Gasteiger charge is 2.22. The number of esters is 1. The summed E-state index contributed by atoms with van der Waals surface area (Å²) in [5, 5.41) is 5.41. The molecule has 166 valence electrons. The van der Waals surface area contributed by atoms with Gasteiger partial charge < -0.3 is 19.8 Å². The average Bonchev–Trinajstić information content (AvgIpc) is 3.30. The number of rotatable bonds is 7. The largest absolute Gasteiger partial charge is 0.459 e. The van der Waals surface area contributed by atoms with Crippen LogP contribution in [-0.4, -0.2) is 23.9 Å². The minimum atomic E-state index is -1.06. The summed E-state index contributed by atoms with van der Waals surface area (Å²) in [5.41, 5.74) is 2.05. The van der Waals surface area contributed by atoms with E-state index in [9.17, 15) is 18.8 Å². The number of ether oxygens (including phenoxy) is 1. The van der Waals surface area contributed by atoms with E-state index in [1.807, 2.05) is 0 Å². The topological polar surface area (TPSA) is 97.6 Å². The first-order valence-corrected chi connectivity index (χ1v) is 9.97. The van der Waals surface area contributed by atoms with Crippen molar-refractivity contribution in [3.8, 4) is 0 Å². The predicted octanol–water partition coefficient (Wildman–Crippen LogP) is 4.40. The fourth-order valence-electron chi connectivity index (χ4n) is 2.92. The van der Waals surface area contributed by atoms with Crippen LogP contribution >= 0.6 is 0 Å². The van der Waals surface area contributed by atoms with Crippen LogP contribution in [0.25, 0.3) is 0 Å². The highest BCUT2D eigenvalue weighted by molar-refractivity contribution is 6.03. The SMILES string of the molecule is Cc1ccc(C(=O)OC(C)C(=O)NC(C)c2ccc(F)cc2)cc1NC(=O)c1ccco1. The molecule has 32 heavy (non-hydrogen) atoms. The van der Waals surface area contributed by atoms with Crippen LogP contribution in [0.5, 0.6) is 0 Å². The lowest BCUT2D eigenvalue weighted by molar-refractivity contribution is -0.129. The molecule has 2 N–H and O–H groups in total. The van der Waals surface area contributed by atoms with Crippen LogP contribution in [0.3, 0.4) is 0 Å². The van der Waals surface area contributed by atoms with Gasteiger partial charge >= 0.3 is 5.97 Å². The molecule has 1 heterocycles. The molecule has 0 aliphatic rings.